The van der Waals surface area contributed by atoms with Gasteiger partial charge in [0.25, 0.3) is 0 Å². The van der Waals surface area contributed by atoms with E-state index in [2.05, 4.69) is 29.5 Å². The normalized spacial score (nSPS) is 11.7. The van der Waals surface area contributed by atoms with Crippen molar-refractivity contribution in [2.24, 2.45) is 5.92 Å². The fraction of sp³-hybridized carbons (Fsp3) is 0.462. The molecule has 0 aliphatic rings. The van der Waals surface area contributed by atoms with Crippen molar-refractivity contribution in [3.63, 3.8) is 0 Å². The Labute approximate surface area is 112 Å². The first-order valence-electron chi connectivity index (χ1n) is 6.22. The first-order valence-corrected chi connectivity index (χ1v) is 6.22. The lowest BCUT2D eigenvalue weighted by Crippen LogP contribution is -2.37. The van der Waals surface area contributed by atoms with Gasteiger partial charge in [0.05, 0.1) is 0 Å². The molecule has 0 aromatic carbocycles. The van der Waals surface area contributed by atoms with Gasteiger partial charge < -0.3 is 15.7 Å². The van der Waals surface area contributed by atoms with E-state index in [0.29, 0.717) is 19.0 Å². The number of carbonyl (C=O) groups excluding carboxylic acids is 1. The van der Waals surface area contributed by atoms with E-state index in [1.54, 1.807) is 6.07 Å². The molecule has 1 aromatic heterocycles. The van der Waals surface area contributed by atoms with Crippen LogP contribution in [0.15, 0.2) is 18.3 Å². The highest BCUT2D eigenvalue weighted by molar-refractivity contribution is 5.85. The topological polar surface area (TPSA) is 91.3 Å². The Bertz CT molecular complexity index is 431. The van der Waals surface area contributed by atoms with Crippen molar-refractivity contribution < 1.29 is 14.7 Å². The van der Waals surface area contributed by atoms with Crippen LogP contribution in [0.25, 0.3) is 0 Å². The summed E-state index contributed by atoms with van der Waals surface area (Å²) in [6.07, 6.45) is 2.46. The van der Waals surface area contributed by atoms with E-state index in [1.807, 2.05) is 0 Å². The molecule has 6 heteroatoms. The molecule has 0 aliphatic heterocycles. The van der Waals surface area contributed by atoms with Crippen LogP contribution in [0.1, 0.15) is 36.3 Å². The van der Waals surface area contributed by atoms with Gasteiger partial charge in [-0.25, -0.2) is 14.6 Å². The van der Waals surface area contributed by atoms with E-state index >= 15 is 0 Å². The highest BCUT2D eigenvalue weighted by Gasteiger charge is 2.05. The molecule has 1 aromatic rings. The molecule has 1 heterocycles. The van der Waals surface area contributed by atoms with Crippen molar-refractivity contribution in [1.82, 2.24) is 15.6 Å². The minimum absolute atomic E-state index is 0.00929. The number of amides is 2. The van der Waals surface area contributed by atoms with Crippen LogP contribution in [-0.2, 0) is 6.54 Å². The quantitative estimate of drug-likeness (QED) is 0.729. The minimum atomic E-state index is -1.06. The zero-order valence-electron chi connectivity index (χ0n) is 11.1. The number of hydrogen-bond acceptors (Lipinski definition) is 3. The molecule has 2 amide bonds. The molecule has 0 bridgehead atoms. The summed E-state index contributed by atoms with van der Waals surface area (Å²) >= 11 is 0. The third-order valence-corrected chi connectivity index (χ3v) is 2.80. The molecule has 1 atom stereocenters. The maximum atomic E-state index is 11.5. The number of pyridine rings is 1. The fourth-order valence-corrected chi connectivity index (χ4v) is 1.31. The summed E-state index contributed by atoms with van der Waals surface area (Å²) in [5.41, 5.74) is 0.744. The van der Waals surface area contributed by atoms with Crippen molar-refractivity contribution in [2.75, 3.05) is 6.54 Å². The molecule has 6 nitrogen and oxygen atoms in total. The van der Waals surface area contributed by atoms with E-state index in [4.69, 9.17) is 5.11 Å². The van der Waals surface area contributed by atoms with E-state index in [-0.39, 0.29) is 11.7 Å². The summed E-state index contributed by atoms with van der Waals surface area (Å²) < 4.78 is 0. The van der Waals surface area contributed by atoms with Gasteiger partial charge in [-0.2, -0.15) is 0 Å². The molecule has 0 saturated heterocycles. The summed E-state index contributed by atoms with van der Waals surface area (Å²) in [4.78, 5) is 25.9. The number of nitrogens with zero attached hydrogens (tertiary/aromatic N) is 1. The number of hydrogen-bond donors (Lipinski definition) is 3. The van der Waals surface area contributed by atoms with Crippen LogP contribution < -0.4 is 10.6 Å². The molecular formula is C13H19N3O3. The summed E-state index contributed by atoms with van der Waals surface area (Å²) in [6.45, 7) is 5.09. The number of urea groups is 1. The summed E-state index contributed by atoms with van der Waals surface area (Å²) in [5.74, 6) is -0.618. The number of aromatic carboxylic acids is 1. The van der Waals surface area contributed by atoms with Crippen LogP contribution in [0.4, 0.5) is 4.79 Å². The summed E-state index contributed by atoms with van der Waals surface area (Å²) in [5, 5.41) is 14.2. The molecule has 1 rings (SSSR count). The Hall–Kier alpha value is -2.11. The van der Waals surface area contributed by atoms with Crippen molar-refractivity contribution in [3.8, 4) is 0 Å². The minimum Gasteiger partial charge on any atom is -0.477 e. The van der Waals surface area contributed by atoms with E-state index in [9.17, 15) is 9.59 Å². The van der Waals surface area contributed by atoms with Gasteiger partial charge in [0.1, 0.15) is 5.69 Å². The van der Waals surface area contributed by atoms with E-state index in [1.165, 1.54) is 12.3 Å². The van der Waals surface area contributed by atoms with Gasteiger partial charge in [-0.15, -0.1) is 0 Å². The number of carbonyl (C=O) groups is 2. The largest absolute Gasteiger partial charge is 0.477 e. The monoisotopic (exact) mass is 265 g/mol. The molecule has 0 fully saturated rings. The highest BCUT2D eigenvalue weighted by atomic mass is 16.4. The lowest BCUT2D eigenvalue weighted by atomic mass is 10.1. The van der Waals surface area contributed by atoms with Crippen molar-refractivity contribution in [1.29, 1.82) is 0 Å². The van der Waals surface area contributed by atoms with Gasteiger partial charge >= 0.3 is 12.0 Å². The Balaban J connectivity index is 2.35. The Kier molecular flexibility index (Phi) is 5.78. The molecular weight excluding hydrogens is 246 g/mol. The molecule has 19 heavy (non-hydrogen) atoms. The van der Waals surface area contributed by atoms with Crippen molar-refractivity contribution in [3.05, 3.63) is 29.6 Å². The molecule has 1 unspecified atom stereocenters. The predicted octanol–water partition coefficient (Wildman–Crippen LogP) is 1.63. The van der Waals surface area contributed by atoms with Gasteiger partial charge in [-0.3, -0.25) is 0 Å². The lowest BCUT2D eigenvalue weighted by Gasteiger charge is -2.11. The van der Waals surface area contributed by atoms with E-state index < -0.39 is 5.97 Å². The van der Waals surface area contributed by atoms with Gasteiger partial charge in [-0.1, -0.05) is 26.3 Å². The maximum Gasteiger partial charge on any atom is 0.354 e. The smallest absolute Gasteiger partial charge is 0.354 e. The number of rotatable bonds is 6. The number of nitrogens with one attached hydrogen (secondary N) is 2. The fourth-order valence-electron chi connectivity index (χ4n) is 1.31. The second-order valence-corrected chi connectivity index (χ2v) is 4.43. The van der Waals surface area contributed by atoms with Gasteiger partial charge in [0.15, 0.2) is 0 Å². The molecule has 3 N–H and O–H groups in total. The van der Waals surface area contributed by atoms with Gasteiger partial charge in [0.2, 0.25) is 0 Å². The second kappa shape index (κ2) is 7.35. The van der Waals surface area contributed by atoms with Crippen molar-refractivity contribution >= 4 is 12.0 Å². The average Bonchev–Trinajstić information content (AvgIpc) is 2.42. The summed E-state index contributed by atoms with van der Waals surface area (Å²) in [7, 11) is 0. The Morgan fingerprint density at radius 1 is 1.37 bits per heavy atom. The Morgan fingerprint density at radius 3 is 2.63 bits per heavy atom. The lowest BCUT2D eigenvalue weighted by molar-refractivity contribution is 0.0690. The maximum absolute atomic E-state index is 11.5. The van der Waals surface area contributed by atoms with Crippen molar-refractivity contribution in [2.45, 2.75) is 26.8 Å². The van der Waals surface area contributed by atoms with Gasteiger partial charge in [-0.05, 0) is 17.5 Å². The van der Waals surface area contributed by atoms with Crippen LogP contribution in [0, 0.1) is 5.92 Å². The van der Waals surface area contributed by atoms with Crippen LogP contribution >= 0.6 is 0 Å². The van der Waals surface area contributed by atoms with Gasteiger partial charge in [0, 0.05) is 19.3 Å². The SMILES string of the molecule is CCC(C)CNC(=O)NCc1ccc(C(=O)O)nc1. The third kappa shape index (κ3) is 5.37. The Morgan fingerprint density at radius 2 is 2.11 bits per heavy atom. The van der Waals surface area contributed by atoms with E-state index in [0.717, 1.165) is 12.0 Å². The molecule has 0 saturated carbocycles. The van der Waals surface area contributed by atoms with Crippen LogP contribution in [-0.4, -0.2) is 28.6 Å². The molecule has 0 radical (unpaired) electrons. The molecule has 104 valence electrons. The highest BCUT2D eigenvalue weighted by Crippen LogP contribution is 2.00. The second-order valence-electron chi connectivity index (χ2n) is 4.43. The zero-order chi connectivity index (χ0) is 14.3. The van der Waals surface area contributed by atoms with Crippen LogP contribution in [0.2, 0.25) is 0 Å². The summed E-state index contributed by atoms with van der Waals surface area (Å²) in [6, 6.07) is 2.81. The molecule has 0 aliphatic carbocycles. The van der Waals surface area contributed by atoms with Crippen LogP contribution in [0.3, 0.4) is 0 Å². The van der Waals surface area contributed by atoms with Crippen LogP contribution in [0.5, 0.6) is 0 Å². The first kappa shape index (κ1) is 14.9. The standard InChI is InChI=1S/C13H19N3O3/c1-3-9(2)6-15-13(19)16-8-10-4-5-11(12(17)18)14-7-10/h4-5,7,9H,3,6,8H2,1-2H3,(H,17,18)(H2,15,16,19). The first-order chi connectivity index (χ1) is 9.02. The number of carboxylic acids is 1. The number of aromatic nitrogens is 1. The third-order valence-electron chi connectivity index (χ3n) is 2.80. The average molecular weight is 265 g/mol. The predicted molar refractivity (Wildman–Crippen MR) is 70.9 cm³/mol. The molecule has 0 spiro atoms. The zero-order valence-corrected chi connectivity index (χ0v) is 11.1. The number of carboxylic acid groups (broad SMARTS) is 1.